The number of carbonyl (C=O) groups excluding carboxylic acids is 4. The lowest BCUT2D eigenvalue weighted by molar-refractivity contribution is -0.118. The molecule has 49 heavy (non-hydrogen) atoms. The fourth-order valence-electron chi connectivity index (χ4n) is 6.36. The van der Waals surface area contributed by atoms with Gasteiger partial charge in [-0.15, -0.1) is 0 Å². The van der Waals surface area contributed by atoms with Gasteiger partial charge in [-0.3, -0.25) is 19.4 Å². The number of likely N-dealkylation sites (tertiary alicyclic amines) is 2. The first-order valence-electron chi connectivity index (χ1n) is 17.6. The number of carbonyl (C=O) groups is 4. The van der Waals surface area contributed by atoms with Gasteiger partial charge in [-0.05, 0) is 127 Å². The zero-order chi connectivity index (χ0) is 36.2. The number of benzene rings is 2. The van der Waals surface area contributed by atoms with E-state index in [1.807, 2.05) is 48.5 Å². The molecule has 5 rings (SSSR count). The Labute approximate surface area is 291 Å². The molecule has 1 N–H and O–H groups in total. The fourth-order valence-corrected chi connectivity index (χ4v) is 6.36. The summed E-state index contributed by atoms with van der Waals surface area (Å²) in [6, 6.07) is 13.9. The molecule has 2 amide bonds. The van der Waals surface area contributed by atoms with E-state index in [9.17, 15) is 19.2 Å². The molecule has 3 aliphatic heterocycles. The number of ketones is 2. The van der Waals surface area contributed by atoms with Gasteiger partial charge in [0.25, 0.3) is 0 Å². The molecule has 258 valence electrons. The van der Waals surface area contributed by atoms with Crippen molar-refractivity contribution in [3.8, 4) is 23.7 Å². The summed E-state index contributed by atoms with van der Waals surface area (Å²) in [4.78, 5) is 53.9. The summed E-state index contributed by atoms with van der Waals surface area (Å²) in [5.41, 5.74) is 2.11. The Morgan fingerprint density at radius 3 is 1.37 bits per heavy atom. The zero-order valence-electron chi connectivity index (χ0n) is 30.4. The van der Waals surface area contributed by atoms with Gasteiger partial charge in [0.15, 0.2) is 0 Å². The van der Waals surface area contributed by atoms with E-state index in [0.717, 1.165) is 36.8 Å². The van der Waals surface area contributed by atoms with Gasteiger partial charge in [0.2, 0.25) is 11.6 Å². The highest BCUT2D eigenvalue weighted by atomic mass is 16.6. The van der Waals surface area contributed by atoms with E-state index >= 15 is 0 Å². The smallest absolute Gasteiger partial charge is 0.410 e. The van der Waals surface area contributed by atoms with Gasteiger partial charge in [0.1, 0.15) is 24.7 Å². The lowest BCUT2D eigenvalue weighted by Crippen LogP contribution is -2.43. The normalized spacial score (nSPS) is 22.8. The molecule has 4 unspecified atom stereocenters. The first-order valence-corrected chi connectivity index (χ1v) is 17.2. The Balaban J connectivity index is 1.16. The molecule has 0 spiro atoms. The summed E-state index contributed by atoms with van der Waals surface area (Å²) in [6.45, 7) is 11.8. The van der Waals surface area contributed by atoms with Crippen molar-refractivity contribution < 1.29 is 30.1 Å². The third kappa shape index (κ3) is 9.52. The Bertz CT molecular complexity index is 1590. The zero-order valence-corrected chi connectivity index (χ0v) is 29.4. The molecule has 0 radical (unpaired) electrons. The maximum atomic E-state index is 12.9. The summed E-state index contributed by atoms with van der Waals surface area (Å²) in [5.74, 6) is 10.8. The van der Waals surface area contributed by atoms with Crippen LogP contribution in [0.25, 0.3) is 0 Å². The number of nitrogens with zero attached hydrogens (tertiary/aromatic N) is 2. The number of ether oxygens (including phenoxy) is 2. The molecule has 0 bridgehead atoms. The second-order valence-corrected chi connectivity index (χ2v) is 14.9. The van der Waals surface area contributed by atoms with Crippen LogP contribution in [0, 0.1) is 23.7 Å². The minimum atomic E-state index is -0.636. The second kappa shape index (κ2) is 14.9. The summed E-state index contributed by atoms with van der Waals surface area (Å²) in [5, 5.41) is 1.63. The SMILES string of the molecule is [2H]N1C(c2ccc(C#CC(=O)C3CCCN3C(=O)OC(C)(C)C)cc2)CCC1c1ccc(C#CC(=O)C2CCCN2C(=O)OC(C)(C)C)cc1. The Kier molecular flexibility index (Phi) is 10.4. The number of hydrogen-bond acceptors (Lipinski definition) is 7. The summed E-state index contributed by atoms with van der Waals surface area (Å²) >= 11 is 0. The second-order valence-electron chi connectivity index (χ2n) is 14.9. The van der Waals surface area contributed by atoms with Crippen molar-refractivity contribution in [2.75, 3.05) is 13.1 Å². The van der Waals surface area contributed by atoms with Gasteiger partial charge in [0.05, 0.1) is 0 Å². The van der Waals surface area contributed by atoms with Gasteiger partial charge in [0, 0.05) is 36.3 Å². The molecule has 3 saturated heterocycles. The van der Waals surface area contributed by atoms with Crippen LogP contribution in [0.1, 0.15) is 114 Å². The van der Waals surface area contributed by atoms with E-state index in [1.165, 1.54) is 9.80 Å². The molecule has 3 heterocycles. The molecule has 9 heteroatoms. The lowest BCUT2D eigenvalue weighted by Gasteiger charge is -2.27. The van der Waals surface area contributed by atoms with E-state index in [-0.39, 0.29) is 23.7 Å². The van der Waals surface area contributed by atoms with E-state index in [1.54, 1.807) is 46.9 Å². The molecule has 0 saturated carbocycles. The fraction of sp³-hybridized carbons (Fsp3) is 0.500. The van der Waals surface area contributed by atoms with Gasteiger partial charge in [-0.1, -0.05) is 36.1 Å². The van der Waals surface area contributed by atoms with Crippen LogP contribution in [0.15, 0.2) is 48.5 Å². The van der Waals surface area contributed by atoms with E-state index in [0.29, 0.717) is 37.1 Å². The van der Waals surface area contributed by atoms with Crippen molar-refractivity contribution in [3.05, 3.63) is 70.8 Å². The molecule has 0 aliphatic carbocycles. The number of hydrogen-bond donors (Lipinski definition) is 1. The highest BCUT2D eigenvalue weighted by Crippen LogP contribution is 2.34. The van der Waals surface area contributed by atoms with Crippen molar-refractivity contribution in [2.45, 2.75) is 115 Å². The Hall–Kier alpha value is -4.60. The van der Waals surface area contributed by atoms with Crippen molar-refractivity contribution in [1.82, 2.24) is 15.1 Å². The van der Waals surface area contributed by atoms with Crippen LogP contribution in [0.4, 0.5) is 9.59 Å². The van der Waals surface area contributed by atoms with Crippen molar-refractivity contribution >= 4 is 23.8 Å². The first-order chi connectivity index (χ1) is 23.6. The maximum absolute atomic E-state index is 12.9. The minimum absolute atomic E-state index is 0.0964. The van der Waals surface area contributed by atoms with Crippen LogP contribution in [0.5, 0.6) is 0 Å². The predicted molar refractivity (Wildman–Crippen MR) is 186 cm³/mol. The van der Waals surface area contributed by atoms with Gasteiger partial charge in [-0.2, -0.15) is 0 Å². The molecule has 3 aliphatic rings. The molecular formula is C40H47N3O6. The molecule has 9 nitrogen and oxygen atoms in total. The van der Waals surface area contributed by atoms with Gasteiger partial charge < -0.3 is 14.8 Å². The van der Waals surface area contributed by atoms with Crippen LogP contribution in [0.3, 0.4) is 0 Å². The topological polar surface area (TPSA) is 105 Å². The van der Waals surface area contributed by atoms with Crippen LogP contribution < -0.4 is 5.31 Å². The molecule has 2 aromatic rings. The largest absolute Gasteiger partial charge is 0.444 e. The minimum Gasteiger partial charge on any atom is -0.444 e. The average molecular weight is 667 g/mol. The standard InChI is InChI=1S/C40H47N3O6/c1-39(2,3)48-37(46)42-25-7-9-33(42)35(44)23-15-27-11-17-29(18-12-27)31-21-22-32(41-31)30-19-13-28(14-20-30)16-24-36(45)34-10-8-26-43(34)38(47)49-40(4,5)6/h11-14,17-20,31-34,41H,7-10,21-22,25-26H2,1-6H3/i/hD. The highest BCUT2D eigenvalue weighted by Gasteiger charge is 2.37. The molecule has 2 aromatic carbocycles. The van der Waals surface area contributed by atoms with Gasteiger partial charge in [-0.25, -0.2) is 9.59 Å². The van der Waals surface area contributed by atoms with E-state index in [2.05, 4.69) is 23.7 Å². The van der Waals surface area contributed by atoms with E-state index in [4.69, 9.17) is 10.9 Å². The number of nitrogens with one attached hydrogen (secondary N) is 1. The van der Waals surface area contributed by atoms with Crippen LogP contribution in [-0.2, 0) is 19.1 Å². The molecule has 0 aromatic heterocycles. The molecule has 3 fully saturated rings. The third-order valence-electron chi connectivity index (χ3n) is 8.69. The molecule has 4 atom stereocenters. The monoisotopic (exact) mass is 666 g/mol. The Morgan fingerprint density at radius 1 is 0.653 bits per heavy atom. The highest BCUT2D eigenvalue weighted by molar-refractivity contribution is 6.02. The number of Topliss-reactive ketones (excluding diaryl/α,β-unsaturated/α-hetero) is 2. The molecular weight excluding hydrogens is 618 g/mol. The average Bonchev–Trinajstić information content (AvgIpc) is 3.82. The first kappa shape index (κ1) is 34.3. The summed E-state index contributed by atoms with van der Waals surface area (Å²) < 4.78 is 19.8. The summed E-state index contributed by atoms with van der Waals surface area (Å²) in [7, 11) is 0. The van der Waals surface area contributed by atoms with Crippen LogP contribution in [-0.4, -0.2) is 69.9 Å². The van der Waals surface area contributed by atoms with Crippen molar-refractivity contribution in [3.63, 3.8) is 0 Å². The van der Waals surface area contributed by atoms with Crippen molar-refractivity contribution in [2.24, 2.45) is 0 Å². The Morgan fingerprint density at radius 2 is 1.02 bits per heavy atom. The van der Waals surface area contributed by atoms with Crippen LogP contribution >= 0.6 is 0 Å². The lowest BCUT2D eigenvalue weighted by atomic mass is 10.0. The predicted octanol–water partition coefficient (Wildman–Crippen LogP) is 6.49. The number of rotatable bonds is 4. The van der Waals surface area contributed by atoms with Gasteiger partial charge >= 0.3 is 12.2 Å². The number of amides is 2. The van der Waals surface area contributed by atoms with E-state index < -0.39 is 35.5 Å². The van der Waals surface area contributed by atoms with Crippen LogP contribution in [0.2, 0.25) is 1.41 Å². The third-order valence-corrected chi connectivity index (χ3v) is 8.69. The quantitative estimate of drug-likeness (QED) is 0.372. The summed E-state index contributed by atoms with van der Waals surface area (Å²) in [6.07, 6.45) is 3.25. The van der Waals surface area contributed by atoms with Crippen molar-refractivity contribution in [1.29, 1.82) is 0 Å². The maximum Gasteiger partial charge on any atom is 0.410 e.